The molecule has 2 nitrogen and oxygen atoms in total. The molecule has 16 heavy (non-hydrogen) atoms. The van der Waals surface area contributed by atoms with Crippen molar-refractivity contribution >= 4 is 21.5 Å². The molecular weight excluding hydrogens is 200 g/mol. The van der Waals surface area contributed by atoms with Gasteiger partial charge in [-0.1, -0.05) is 54.3 Å². The number of hydrogen-bond acceptors (Lipinski definition) is 2. The molecule has 0 amide bonds. The van der Waals surface area contributed by atoms with E-state index in [0.29, 0.717) is 21.5 Å². The second kappa shape index (κ2) is 3.14. The van der Waals surface area contributed by atoms with Crippen molar-refractivity contribution < 1.29 is 10.2 Å². The van der Waals surface area contributed by atoms with Gasteiger partial charge < -0.3 is 10.2 Å². The van der Waals surface area contributed by atoms with Crippen LogP contribution < -0.4 is 5.11 Å². The topological polar surface area (TPSA) is 43.3 Å². The Morgan fingerprint density at radius 1 is 0.688 bits per heavy atom. The highest BCUT2D eigenvalue weighted by molar-refractivity contribution is 6.10. The van der Waals surface area contributed by atoms with Crippen molar-refractivity contribution in [3.8, 4) is 11.5 Å². The maximum absolute atomic E-state index is 12.1. The highest BCUT2D eigenvalue weighted by Gasteiger charge is 2.06. The van der Waals surface area contributed by atoms with Gasteiger partial charge in [0.2, 0.25) is 0 Å². The second-order valence-electron chi connectivity index (χ2n) is 3.77. The van der Waals surface area contributed by atoms with Gasteiger partial charge in [0.05, 0.1) is 0 Å². The summed E-state index contributed by atoms with van der Waals surface area (Å²) in [5, 5.41) is 24.6. The first-order valence-corrected chi connectivity index (χ1v) is 5.08. The Hall–Kier alpha value is -2.22. The van der Waals surface area contributed by atoms with Crippen molar-refractivity contribution in [1.29, 1.82) is 0 Å². The standard InChI is InChI=1S/C14H10O2/c15-13-9-5-1-2-6-10(9)14(16)12-8-4-3-7-11(12)13/h1-8,15-16H/p-1. The number of phenolic OH excluding ortho intramolecular Hbond substituents is 1. The smallest absolute Gasteiger partial charge is 0.131 e. The molecule has 0 aromatic heterocycles. The van der Waals surface area contributed by atoms with Gasteiger partial charge >= 0.3 is 0 Å². The molecule has 0 saturated heterocycles. The van der Waals surface area contributed by atoms with Gasteiger partial charge in [0.1, 0.15) is 5.75 Å². The van der Waals surface area contributed by atoms with Crippen LogP contribution in [0.1, 0.15) is 0 Å². The molecule has 0 aliphatic rings. The molecule has 0 atom stereocenters. The summed E-state index contributed by atoms with van der Waals surface area (Å²) in [4.78, 5) is 0. The number of benzene rings is 3. The third-order valence-electron chi connectivity index (χ3n) is 2.85. The second-order valence-corrected chi connectivity index (χ2v) is 3.77. The van der Waals surface area contributed by atoms with E-state index in [2.05, 4.69) is 0 Å². The molecule has 0 spiro atoms. The highest BCUT2D eigenvalue weighted by atomic mass is 16.3. The number of phenols is 1. The average Bonchev–Trinajstić information content (AvgIpc) is 2.36. The number of rotatable bonds is 0. The van der Waals surface area contributed by atoms with Crippen LogP contribution in [-0.4, -0.2) is 5.11 Å². The van der Waals surface area contributed by atoms with Gasteiger partial charge in [0.25, 0.3) is 0 Å². The van der Waals surface area contributed by atoms with Crippen LogP contribution in [0.25, 0.3) is 21.5 Å². The van der Waals surface area contributed by atoms with Crippen LogP contribution in [0.3, 0.4) is 0 Å². The summed E-state index contributed by atoms with van der Waals surface area (Å²) in [7, 11) is 0. The monoisotopic (exact) mass is 209 g/mol. The van der Waals surface area contributed by atoms with Crippen LogP contribution in [0.4, 0.5) is 0 Å². The molecule has 0 radical (unpaired) electrons. The van der Waals surface area contributed by atoms with Crippen molar-refractivity contribution in [1.82, 2.24) is 0 Å². The molecule has 0 aliphatic carbocycles. The van der Waals surface area contributed by atoms with E-state index in [0.717, 1.165) is 0 Å². The third kappa shape index (κ3) is 1.07. The Morgan fingerprint density at radius 2 is 1.06 bits per heavy atom. The van der Waals surface area contributed by atoms with Crippen molar-refractivity contribution in [2.24, 2.45) is 0 Å². The lowest BCUT2D eigenvalue weighted by Gasteiger charge is -2.16. The van der Waals surface area contributed by atoms with Crippen LogP contribution in [0.2, 0.25) is 0 Å². The maximum atomic E-state index is 12.1. The molecule has 3 aromatic rings. The largest absolute Gasteiger partial charge is 0.872 e. The lowest BCUT2D eigenvalue weighted by atomic mass is 10.0. The molecule has 78 valence electrons. The Labute approximate surface area is 92.4 Å². The lowest BCUT2D eigenvalue weighted by Crippen LogP contribution is -1.93. The molecule has 0 saturated carbocycles. The summed E-state index contributed by atoms with van der Waals surface area (Å²) in [5.74, 6) is 0.162. The minimum absolute atomic E-state index is 0.0241. The van der Waals surface area contributed by atoms with Crippen LogP contribution in [0, 0.1) is 0 Å². The minimum atomic E-state index is -0.0241. The predicted octanol–water partition coefficient (Wildman–Crippen LogP) is 2.77. The first-order chi connectivity index (χ1) is 7.79. The van der Waals surface area contributed by atoms with Crippen molar-refractivity contribution in [2.45, 2.75) is 0 Å². The van der Waals surface area contributed by atoms with Crippen LogP contribution >= 0.6 is 0 Å². The molecule has 0 aliphatic heterocycles. The molecule has 1 N–H and O–H groups in total. The van der Waals surface area contributed by atoms with Gasteiger partial charge in [0, 0.05) is 10.8 Å². The summed E-state index contributed by atoms with van der Waals surface area (Å²) in [6.07, 6.45) is 0. The Kier molecular flexibility index (Phi) is 1.77. The van der Waals surface area contributed by atoms with E-state index in [1.807, 2.05) is 12.1 Å². The van der Waals surface area contributed by atoms with E-state index in [9.17, 15) is 10.2 Å². The van der Waals surface area contributed by atoms with E-state index in [-0.39, 0.29) is 11.5 Å². The van der Waals surface area contributed by atoms with Crippen molar-refractivity contribution in [3.05, 3.63) is 48.5 Å². The number of aromatic hydroxyl groups is 1. The molecule has 2 heteroatoms. The highest BCUT2D eigenvalue weighted by Crippen LogP contribution is 2.39. The fourth-order valence-electron chi connectivity index (χ4n) is 2.07. The normalized spacial score (nSPS) is 11.0. The Morgan fingerprint density at radius 3 is 1.50 bits per heavy atom. The summed E-state index contributed by atoms with van der Waals surface area (Å²) in [6.45, 7) is 0. The first-order valence-electron chi connectivity index (χ1n) is 5.08. The number of fused-ring (bicyclic) bond motifs is 2. The minimum Gasteiger partial charge on any atom is -0.872 e. The Balaban J connectivity index is 2.67. The van der Waals surface area contributed by atoms with Crippen LogP contribution in [0.5, 0.6) is 11.5 Å². The van der Waals surface area contributed by atoms with Crippen LogP contribution in [-0.2, 0) is 0 Å². The third-order valence-corrected chi connectivity index (χ3v) is 2.85. The molecule has 3 aromatic carbocycles. The Bertz CT molecular complexity index is 570. The van der Waals surface area contributed by atoms with E-state index < -0.39 is 0 Å². The first kappa shape index (κ1) is 9.04. The molecule has 0 heterocycles. The zero-order valence-electron chi connectivity index (χ0n) is 8.47. The molecule has 0 unspecified atom stereocenters. The summed E-state index contributed by atoms with van der Waals surface area (Å²) in [5.41, 5.74) is 0. The zero-order chi connectivity index (χ0) is 11.1. The lowest BCUT2D eigenvalue weighted by molar-refractivity contribution is -0.263. The van der Waals surface area contributed by atoms with E-state index >= 15 is 0 Å². The van der Waals surface area contributed by atoms with Gasteiger partial charge in [-0.15, -0.1) is 0 Å². The fraction of sp³-hybridized carbons (Fsp3) is 0. The SMILES string of the molecule is [O-]c1c2ccccc2c(O)c2ccccc12. The van der Waals surface area contributed by atoms with Crippen LogP contribution in [0.15, 0.2) is 48.5 Å². The molecule has 0 fully saturated rings. The van der Waals surface area contributed by atoms with Crippen molar-refractivity contribution in [3.63, 3.8) is 0 Å². The van der Waals surface area contributed by atoms with Gasteiger partial charge in [0.15, 0.2) is 0 Å². The average molecular weight is 209 g/mol. The van der Waals surface area contributed by atoms with Gasteiger partial charge in [-0.3, -0.25) is 0 Å². The predicted molar refractivity (Wildman–Crippen MR) is 62.6 cm³/mol. The fourth-order valence-corrected chi connectivity index (χ4v) is 2.07. The van der Waals surface area contributed by atoms with E-state index in [1.165, 1.54) is 0 Å². The van der Waals surface area contributed by atoms with E-state index in [4.69, 9.17) is 0 Å². The quantitative estimate of drug-likeness (QED) is 0.578. The maximum Gasteiger partial charge on any atom is 0.131 e. The number of hydrogen-bond donors (Lipinski definition) is 1. The molecule has 3 rings (SSSR count). The molecule has 0 bridgehead atoms. The summed E-state index contributed by atoms with van der Waals surface area (Å²) >= 11 is 0. The van der Waals surface area contributed by atoms with Gasteiger partial charge in [-0.25, -0.2) is 0 Å². The van der Waals surface area contributed by atoms with Crippen molar-refractivity contribution in [2.75, 3.05) is 0 Å². The zero-order valence-corrected chi connectivity index (χ0v) is 8.47. The van der Waals surface area contributed by atoms with E-state index in [1.54, 1.807) is 36.4 Å². The van der Waals surface area contributed by atoms with Gasteiger partial charge in [-0.05, 0) is 10.8 Å². The summed E-state index contributed by atoms with van der Waals surface area (Å²) in [6, 6.07) is 14.2. The molecular formula is C14H9O2-. The van der Waals surface area contributed by atoms with Gasteiger partial charge in [-0.2, -0.15) is 0 Å². The summed E-state index contributed by atoms with van der Waals surface area (Å²) < 4.78 is 0.